The second-order valence-corrected chi connectivity index (χ2v) is 8.77. The molecule has 0 spiro atoms. The number of carbonyl (C=O) groups is 1. The number of aromatic nitrogens is 1. The van der Waals surface area contributed by atoms with E-state index in [9.17, 15) is 18.0 Å². The van der Waals surface area contributed by atoms with Crippen molar-refractivity contribution in [1.29, 1.82) is 0 Å². The SMILES string of the molecule is O=C(NCc1ccncc1)[C@@H]1Cc2cc(C(F)(F)F)ccc2N2CCN(c3ccccc3)C[C@@H]12. The highest BCUT2D eigenvalue weighted by Crippen LogP contribution is 2.40. The monoisotopic (exact) mass is 466 g/mol. The fourth-order valence-electron chi connectivity index (χ4n) is 4.99. The van der Waals surface area contributed by atoms with E-state index in [2.05, 4.69) is 20.1 Å². The van der Waals surface area contributed by atoms with Gasteiger partial charge in [-0.05, 0) is 60.0 Å². The number of nitrogens with one attached hydrogen (secondary N) is 1. The molecule has 2 aliphatic heterocycles. The van der Waals surface area contributed by atoms with Crippen molar-refractivity contribution < 1.29 is 18.0 Å². The number of anilines is 2. The van der Waals surface area contributed by atoms with Gasteiger partial charge in [-0.25, -0.2) is 0 Å². The number of pyridine rings is 1. The highest BCUT2D eigenvalue weighted by Gasteiger charge is 2.42. The van der Waals surface area contributed by atoms with Gasteiger partial charge in [0.2, 0.25) is 5.91 Å². The molecule has 3 aromatic rings. The van der Waals surface area contributed by atoms with Crippen LogP contribution in [0.15, 0.2) is 73.1 Å². The van der Waals surface area contributed by atoms with Gasteiger partial charge in [-0.15, -0.1) is 0 Å². The van der Waals surface area contributed by atoms with Gasteiger partial charge >= 0.3 is 6.18 Å². The number of hydrogen-bond acceptors (Lipinski definition) is 4. The minimum absolute atomic E-state index is 0.143. The summed E-state index contributed by atoms with van der Waals surface area (Å²) in [5.41, 5.74) is 2.69. The Morgan fingerprint density at radius 1 is 1.03 bits per heavy atom. The molecule has 1 aromatic heterocycles. The first kappa shape index (κ1) is 22.3. The molecule has 0 radical (unpaired) electrons. The predicted molar refractivity (Wildman–Crippen MR) is 125 cm³/mol. The van der Waals surface area contributed by atoms with Crippen LogP contribution in [0.4, 0.5) is 24.5 Å². The smallest absolute Gasteiger partial charge is 0.368 e. The number of amides is 1. The number of carbonyl (C=O) groups excluding carboxylic acids is 1. The number of alkyl halides is 3. The third-order valence-electron chi connectivity index (χ3n) is 6.71. The summed E-state index contributed by atoms with van der Waals surface area (Å²) in [5.74, 6) is -0.617. The Morgan fingerprint density at radius 3 is 2.53 bits per heavy atom. The Kier molecular flexibility index (Phi) is 5.89. The number of rotatable bonds is 4. The summed E-state index contributed by atoms with van der Waals surface area (Å²) in [7, 11) is 0. The van der Waals surface area contributed by atoms with E-state index in [0.29, 0.717) is 25.2 Å². The summed E-state index contributed by atoms with van der Waals surface area (Å²) in [6, 6.07) is 17.4. The summed E-state index contributed by atoms with van der Waals surface area (Å²) >= 11 is 0. The summed E-state index contributed by atoms with van der Waals surface area (Å²) in [6.07, 6.45) is -0.822. The Labute approximate surface area is 196 Å². The molecule has 0 bridgehead atoms. The maximum Gasteiger partial charge on any atom is 0.416 e. The molecule has 1 saturated heterocycles. The van der Waals surface area contributed by atoms with Gasteiger partial charge in [0.25, 0.3) is 0 Å². The van der Waals surface area contributed by atoms with Crippen LogP contribution in [0.2, 0.25) is 0 Å². The van der Waals surface area contributed by atoms with Gasteiger partial charge in [-0.2, -0.15) is 13.2 Å². The second-order valence-electron chi connectivity index (χ2n) is 8.77. The van der Waals surface area contributed by atoms with Crippen molar-refractivity contribution in [3.8, 4) is 0 Å². The minimum Gasteiger partial charge on any atom is -0.368 e. The highest BCUT2D eigenvalue weighted by atomic mass is 19.4. The number of benzene rings is 2. The highest BCUT2D eigenvalue weighted by molar-refractivity contribution is 5.82. The van der Waals surface area contributed by atoms with Crippen molar-refractivity contribution >= 4 is 17.3 Å². The van der Waals surface area contributed by atoms with Crippen molar-refractivity contribution in [1.82, 2.24) is 10.3 Å². The number of piperazine rings is 1. The predicted octanol–water partition coefficient (Wildman–Crippen LogP) is 4.28. The molecule has 2 aliphatic rings. The normalized spacial score (nSPS) is 19.9. The quantitative estimate of drug-likeness (QED) is 0.624. The maximum atomic E-state index is 13.4. The van der Waals surface area contributed by atoms with E-state index in [1.54, 1.807) is 18.5 Å². The van der Waals surface area contributed by atoms with Crippen LogP contribution in [0, 0.1) is 5.92 Å². The zero-order chi connectivity index (χ0) is 23.7. The minimum atomic E-state index is -4.42. The lowest BCUT2D eigenvalue weighted by molar-refractivity contribution is -0.137. The number of nitrogens with zero attached hydrogens (tertiary/aromatic N) is 3. The molecule has 34 heavy (non-hydrogen) atoms. The van der Waals surface area contributed by atoms with Gasteiger partial charge in [-0.3, -0.25) is 9.78 Å². The molecule has 1 N–H and O–H groups in total. The average Bonchev–Trinajstić information content (AvgIpc) is 2.86. The number of para-hydroxylation sites is 1. The molecule has 1 amide bonds. The zero-order valence-corrected chi connectivity index (χ0v) is 18.5. The van der Waals surface area contributed by atoms with Gasteiger partial charge in [0.05, 0.1) is 17.5 Å². The van der Waals surface area contributed by atoms with E-state index in [4.69, 9.17) is 0 Å². The largest absolute Gasteiger partial charge is 0.416 e. The van der Waals surface area contributed by atoms with E-state index in [1.807, 2.05) is 42.5 Å². The van der Waals surface area contributed by atoms with Crippen LogP contribution in [0.25, 0.3) is 0 Å². The summed E-state index contributed by atoms with van der Waals surface area (Å²) in [5, 5.41) is 3.00. The van der Waals surface area contributed by atoms with Crippen molar-refractivity contribution in [2.75, 3.05) is 29.4 Å². The topological polar surface area (TPSA) is 48.5 Å². The number of hydrogen-bond donors (Lipinski definition) is 1. The molecule has 2 aromatic carbocycles. The van der Waals surface area contributed by atoms with Crippen molar-refractivity contribution in [2.24, 2.45) is 5.92 Å². The van der Waals surface area contributed by atoms with E-state index in [-0.39, 0.29) is 18.4 Å². The molecule has 3 heterocycles. The molecular weight excluding hydrogens is 441 g/mol. The molecule has 8 heteroatoms. The number of halogens is 3. The lowest BCUT2D eigenvalue weighted by atomic mass is 9.82. The van der Waals surface area contributed by atoms with Crippen LogP contribution >= 0.6 is 0 Å². The Morgan fingerprint density at radius 2 is 1.79 bits per heavy atom. The van der Waals surface area contributed by atoms with Gasteiger partial charge in [0, 0.05) is 49.9 Å². The fraction of sp³-hybridized carbons (Fsp3) is 0.308. The average molecular weight is 467 g/mol. The van der Waals surface area contributed by atoms with Crippen LogP contribution in [-0.4, -0.2) is 36.6 Å². The van der Waals surface area contributed by atoms with Crippen LogP contribution in [0.3, 0.4) is 0 Å². The number of fused-ring (bicyclic) bond motifs is 3. The third-order valence-corrected chi connectivity index (χ3v) is 6.71. The summed E-state index contributed by atoms with van der Waals surface area (Å²) in [6.45, 7) is 2.33. The molecule has 0 aliphatic carbocycles. The Balaban J connectivity index is 1.44. The fourth-order valence-corrected chi connectivity index (χ4v) is 4.99. The maximum absolute atomic E-state index is 13.4. The molecule has 2 atom stereocenters. The van der Waals surface area contributed by atoms with Crippen molar-refractivity contribution in [3.05, 3.63) is 89.7 Å². The van der Waals surface area contributed by atoms with E-state index < -0.39 is 17.7 Å². The summed E-state index contributed by atoms with van der Waals surface area (Å²) < 4.78 is 40.2. The first-order valence-electron chi connectivity index (χ1n) is 11.3. The zero-order valence-electron chi connectivity index (χ0n) is 18.5. The molecule has 1 fully saturated rings. The second kappa shape index (κ2) is 9.00. The molecule has 0 saturated carbocycles. The summed E-state index contributed by atoms with van der Waals surface area (Å²) in [4.78, 5) is 21.7. The third kappa shape index (κ3) is 4.44. The molecule has 5 rings (SSSR count). The van der Waals surface area contributed by atoms with Crippen molar-refractivity contribution in [3.63, 3.8) is 0 Å². The first-order chi connectivity index (χ1) is 16.4. The molecule has 5 nitrogen and oxygen atoms in total. The van der Waals surface area contributed by atoms with Gasteiger partial charge < -0.3 is 15.1 Å². The molecule has 176 valence electrons. The lowest BCUT2D eigenvalue weighted by Crippen LogP contribution is -2.61. The lowest BCUT2D eigenvalue weighted by Gasteiger charge is -2.49. The van der Waals surface area contributed by atoms with E-state index in [1.165, 1.54) is 6.07 Å². The van der Waals surface area contributed by atoms with Crippen LogP contribution in [-0.2, 0) is 23.9 Å². The van der Waals surface area contributed by atoms with E-state index in [0.717, 1.165) is 29.5 Å². The standard InChI is InChI=1S/C26H25F3N4O/c27-26(28,29)20-6-7-23-19(14-20)15-22(25(34)31-16-18-8-10-30-11-9-18)24-17-32(12-13-33(23)24)21-4-2-1-3-5-21/h1-11,14,22,24H,12-13,15-17H2,(H,31,34)/t22-,24+/m1/s1. The molecule has 0 unspecified atom stereocenters. The van der Waals surface area contributed by atoms with Gasteiger partial charge in [0.1, 0.15) is 0 Å². The van der Waals surface area contributed by atoms with Crippen LogP contribution in [0.5, 0.6) is 0 Å². The van der Waals surface area contributed by atoms with Gasteiger partial charge in [-0.1, -0.05) is 18.2 Å². The Hall–Kier alpha value is -3.55. The Bertz CT molecular complexity index is 1150. The first-order valence-corrected chi connectivity index (χ1v) is 11.3. The van der Waals surface area contributed by atoms with E-state index >= 15 is 0 Å². The molecular formula is C26H25F3N4O. The van der Waals surface area contributed by atoms with Crippen LogP contribution in [0.1, 0.15) is 16.7 Å². The van der Waals surface area contributed by atoms with Gasteiger partial charge in [0.15, 0.2) is 0 Å². The van der Waals surface area contributed by atoms with Crippen molar-refractivity contribution in [2.45, 2.75) is 25.2 Å². The van der Waals surface area contributed by atoms with Crippen LogP contribution < -0.4 is 15.1 Å².